The number of nitrogens with one attached hydrogen (secondary N) is 2. The van der Waals surface area contributed by atoms with Crippen LogP contribution >= 0.6 is 23.1 Å². The Kier molecular flexibility index (Phi) is 7.72. The van der Waals surface area contributed by atoms with E-state index in [1.165, 1.54) is 25.3 Å². The van der Waals surface area contributed by atoms with Gasteiger partial charge in [-0.15, -0.1) is 0 Å². The van der Waals surface area contributed by atoms with E-state index in [0.717, 1.165) is 35.2 Å². The molecular formula is C30H22F3N3O6S2. The molecule has 44 heavy (non-hydrogen) atoms. The second-order valence-corrected chi connectivity index (χ2v) is 12.1. The number of carbonyl (C=O) groups excluding carboxylic acids is 3. The number of para-hydroxylation sites is 2. The number of methoxy groups -OCH3 is 1. The number of imide groups is 1. The lowest BCUT2D eigenvalue weighted by molar-refractivity contribution is -0.137. The van der Waals surface area contributed by atoms with Gasteiger partial charge in [0, 0.05) is 16.5 Å². The Labute approximate surface area is 256 Å². The molecule has 6 rings (SSSR count). The Balaban J connectivity index is 1.34. The van der Waals surface area contributed by atoms with Gasteiger partial charge in [0.05, 0.1) is 29.3 Å². The Morgan fingerprint density at radius 2 is 1.70 bits per heavy atom. The minimum atomic E-state index is -4.80. The number of fused-ring (bicyclic) bond motifs is 2. The van der Waals surface area contributed by atoms with Crippen molar-refractivity contribution in [1.82, 2.24) is 4.98 Å². The summed E-state index contributed by atoms with van der Waals surface area (Å²) in [6, 6.07) is 18.0. The van der Waals surface area contributed by atoms with Crippen LogP contribution in [-0.4, -0.2) is 41.7 Å². The third-order valence-electron chi connectivity index (χ3n) is 7.24. The van der Waals surface area contributed by atoms with Crippen LogP contribution in [0.4, 0.5) is 24.5 Å². The molecule has 2 N–H and O–H groups in total. The number of thiazole rings is 1. The van der Waals surface area contributed by atoms with Crippen LogP contribution in [0.1, 0.15) is 21.9 Å². The summed E-state index contributed by atoms with van der Waals surface area (Å²) < 4.78 is 52.8. The minimum absolute atomic E-state index is 0.213. The van der Waals surface area contributed by atoms with E-state index in [0.29, 0.717) is 26.1 Å². The van der Waals surface area contributed by atoms with Crippen LogP contribution in [-0.2, 0) is 20.6 Å². The molecule has 2 aliphatic heterocycles. The molecule has 3 aromatic carbocycles. The number of aromatic amines is 1. The van der Waals surface area contributed by atoms with Gasteiger partial charge in [-0.05, 0) is 42.0 Å². The molecule has 4 aromatic rings. The summed E-state index contributed by atoms with van der Waals surface area (Å²) in [5.41, 5.74) is -0.584. The van der Waals surface area contributed by atoms with Gasteiger partial charge < -0.3 is 19.8 Å². The summed E-state index contributed by atoms with van der Waals surface area (Å²) >= 11 is 1.82. The molecule has 0 bridgehead atoms. The highest BCUT2D eigenvalue weighted by Gasteiger charge is 2.57. The summed E-state index contributed by atoms with van der Waals surface area (Å²) in [5, 5.41) is 1.99. The highest BCUT2D eigenvalue weighted by Crippen LogP contribution is 2.54. The number of amides is 3. The molecule has 1 saturated heterocycles. The van der Waals surface area contributed by atoms with Gasteiger partial charge in [-0.1, -0.05) is 59.5 Å². The SMILES string of the molecule is COc1cc([C@H]2c3sc(=O)[nH]c3SC3C(=O)N(c4ccccc4C(F)(F)F)C(=O)C32)ccc1OCC(=O)Nc1ccccc1. The lowest BCUT2D eigenvalue weighted by Gasteiger charge is -2.30. The molecule has 14 heteroatoms. The largest absolute Gasteiger partial charge is 0.493 e. The number of anilines is 2. The van der Waals surface area contributed by atoms with Gasteiger partial charge in [-0.25, -0.2) is 4.90 Å². The van der Waals surface area contributed by atoms with E-state index in [2.05, 4.69) is 10.3 Å². The summed E-state index contributed by atoms with van der Waals surface area (Å²) in [6.07, 6.45) is -4.80. The van der Waals surface area contributed by atoms with Crippen molar-refractivity contribution in [2.75, 3.05) is 23.9 Å². The average Bonchev–Trinajstić information content (AvgIpc) is 3.49. The van der Waals surface area contributed by atoms with Crippen LogP contribution in [0.25, 0.3) is 0 Å². The summed E-state index contributed by atoms with van der Waals surface area (Å²) in [4.78, 5) is 55.7. The third-order valence-corrected chi connectivity index (χ3v) is 9.64. The number of benzene rings is 3. The van der Waals surface area contributed by atoms with Crippen molar-refractivity contribution in [3.63, 3.8) is 0 Å². The van der Waals surface area contributed by atoms with Crippen molar-refractivity contribution < 1.29 is 37.0 Å². The van der Waals surface area contributed by atoms with E-state index in [1.54, 1.807) is 36.4 Å². The smallest absolute Gasteiger partial charge is 0.418 e. The zero-order valence-electron chi connectivity index (χ0n) is 22.7. The number of hydrogen-bond acceptors (Lipinski definition) is 8. The normalized spacial score (nSPS) is 19.4. The minimum Gasteiger partial charge on any atom is -0.493 e. The molecule has 2 unspecified atom stereocenters. The molecule has 0 spiro atoms. The standard InChI is InChI=1S/C30H22F3N3O6S2/c1-41-20-13-15(11-12-19(20)42-14-21(37)34-16-7-3-2-4-8-16)22-23-25(43-26-24(22)44-29(40)35-26)28(39)36(27(23)38)18-10-6-5-9-17(18)30(31,32)33/h2-13,22-23,25H,14H2,1H3,(H,34,37)(H,35,40)/t22-,23?,25?/m1/s1. The van der Waals surface area contributed by atoms with Gasteiger partial charge in [0.1, 0.15) is 5.25 Å². The second-order valence-electron chi connectivity index (χ2n) is 9.89. The number of aromatic nitrogens is 1. The topological polar surface area (TPSA) is 118 Å². The molecule has 9 nitrogen and oxygen atoms in total. The van der Waals surface area contributed by atoms with Crippen molar-refractivity contribution in [1.29, 1.82) is 0 Å². The quantitative estimate of drug-likeness (QED) is 0.264. The fraction of sp³-hybridized carbons (Fsp3) is 0.200. The van der Waals surface area contributed by atoms with Crippen LogP contribution < -0.4 is 24.6 Å². The van der Waals surface area contributed by atoms with Crippen molar-refractivity contribution in [2.45, 2.75) is 22.4 Å². The molecule has 1 fully saturated rings. The van der Waals surface area contributed by atoms with Crippen LogP contribution in [0.3, 0.4) is 0 Å². The summed E-state index contributed by atoms with van der Waals surface area (Å²) in [5.74, 6) is -3.56. The van der Waals surface area contributed by atoms with Crippen LogP contribution in [0.2, 0.25) is 0 Å². The first-order valence-corrected chi connectivity index (χ1v) is 14.9. The molecule has 0 radical (unpaired) electrons. The molecule has 226 valence electrons. The third kappa shape index (κ3) is 5.35. The fourth-order valence-corrected chi connectivity index (χ4v) is 7.90. The van der Waals surface area contributed by atoms with E-state index < -0.39 is 57.1 Å². The van der Waals surface area contributed by atoms with Crippen LogP contribution in [0.5, 0.6) is 11.5 Å². The number of halogens is 3. The number of carbonyl (C=O) groups is 3. The molecule has 1 aromatic heterocycles. The van der Waals surface area contributed by atoms with E-state index in [4.69, 9.17) is 9.47 Å². The number of alkyl halides is 3. The van der Waals surface area contributed by atoms with Gasteiger partial charge in [0.15, 0.2) is 18.1 Å². The molecule has 0 saturated carbocycles. The number of hydrogen-bond donors (Lipinski definition) is 2. The Bertz CT molecular complexity index is 1820. The van der Waals surface area contributed by atoms with E-state index in [9.17, 15) is 32.3 Å². The van der Waals surface area contributed by atoms with Gasteiger partial charge in [-0.2, -0.15) is 13.2 Å². The highest BCUT2D eigenvalue weighted by atomic mass is 32.2. The summed E-state index contributed by atoms with van der Waals surface area (Å²) in [6.45, 7) is -0.334. The van der Waals surface area contributed by atoms with E-state index >= 15 is 0 Å². The number of nitrogens with zero attached hydrogens (tertiary/aromatic N) is 1. The van der Waals surface area contributed by atoms with Gasteiger partial charge in [0.25, 0.3) is 5.91 Å². The highest BCUT2D eigenvalue weighted by molar-refractivity contribution is 8.00. The maximum atomic E-state index is 13.9. The van der Waals surface area contributed by atoms with E-state index in [1.807, 2.05) is 6.07 Å². The lowest BCUT2D eigenvalue weighted by Crippen LogP contribution is -2.33. The predicted octanol–water partition coefficient (Wildman–Crippen LogP) is 5.28. The Morgan fingerprint density at radius 3 is 2.43 bits per heavy atom. The predicted molar refractivity (Wildman–Crippen MR) is 157 cm³/mol. The molecule has 2 aliphatic rings. The zero-order valence-corrected chi connectivity index (χ0v) is 24.3. The van der Waals surface area contributed by atoms with Crippen LogP contribution in [0.15, 0.2) is 82.6 Å². The fourth-order valence-electron chi connectivity index (χ4n) is 5.38. The first kappa shape index (κ1) is 29.5. The van der Waals surface area contributed by atoms with Crippen LogP contribution in [0, 0.1) is 5.92 Å². The number of H-pyrrole nitrogens is 1. The molecule has 3 atom stereocenters. The maximum Gasteiger partial charge on any atom is 0.418 e. The van der Waals surface area contributed by atoms with E-state index in [-0.39, 0.29) is 18.1 Å². The summed E-state index contributed by atoms with van der Waals surface area (Å²) in [7, 11) is 1.38. The van der Waals surface area contributed by atoms with Crippen molar-refractivity contribution >= 4 is 52.2 Å². The van der Waals surface area contributed by atoms with Gasteiger partial charge >= 0.3 is 11.0 Å². The number of thioether (sulfide) groups is 1. The maximum absolute atomic E-state index is 13.9. The van der Waals surface area contributed by atoms with Crippen molar-refractivity contribution in [3.8, 4) is 11.5 Å². The average molecular weight is 642 g/mol. The number of ether oxygens (including phenoxy) is 2. The Hall–Kier alpha value is -4.56. The number of rotatable bonds is 7. The molecule has 0 aliphatic carbocycles. The second kappa shape index (κ2) is 11.5. The van der Waals surface area contributed by atoms with Gasteiger partial charge in [0.2, 0.25) is 11.8 Å². The first-order chi connectivity index (χ1) is 21.1. The van der Waals surface area contributed by atoms with Crippen molar-refractivity contribution in [2.24, 2.45) is 5.92 Å². The molecule has 3 amide bonds. The molecular weight excluding hydrogens is 619 g/mol. The van der Waals surface area contributed by atoms with Crippen molar-refractivity contribution in [3.05, 3.63) is 98.5 Å². The first-order valence-electron chi connectivity index (χ1n) is 13.2. The lowest BCUT2D eigenvalue weighted by atomic mass is 9.83. The Morgan fingerprint density at radius 1 is 0.977 bits per heavy atom. The monoisotopic (exact) mass is 641 g/mol. The molecule has 3 heterocycles. The van der Waals surface area contributed by atoms with Gasteiger partial charge in [-0.3, -0.25) is 19.2 Å². The zero-order chi connectivity index (χ0) is 31.2.